The molecule has 0 atom stereocenters. The molecule has 0 aliphatic carbocycles. The number of fused-ring (bicyclic) bond motifs is 1. The van der Waals surface area contributed by atoms with Gasteiger partial charge in [-0.1, -0.05) is 0 Å². The van der Waals surface area contributed by atoms with E-state index in [-0.39, 0.29) is 0 Å². The van der Waals surface area contributed by atoms with Crippen LogP contribution in [0.3, 0.4) is 0 Å². The number of nitrogens with one attached hydrogen (secondary N) is 1. The Morgan fingerprint density at radius 1 is 1.22 bits per heavy atom. The Bertz CT molecular complexity index is 684. The lowest BCUT2D eigenvalue weighted by Gasteiger charge is -2.05. The Morgan fingerprint density at radius 3 is 2.83 bits per heavy atom. The van der Waals surface area contributed by atoms with E-state index in [0.717, 1.165) is 33.4 Å². The molecule has 0 saturated heterocycles. The van der Waals surface area contributed by atoms with Gasteiger partial charge in [0.2, 0.25) is 0 Å². The fourth-order valence-corrected chi connectivity index (χ4v) is 1.99. The highest BCUT2D eigenvalue weighted by Crippen LogP contribution is 2.25. The molecule has 18 heavy (non-hydrogen) atoms. The van der Waals surface area contributed by atoms with Crippen LogP contribution in [0.25, 0.3) is 22.2 Å². The minimum absolute atomic E-state index is 0.409. The molecule has 0 aliphatic heterocycles. The molecule has 3 aromatic rings. The van der Waals surface area contributed by atoms with Gasteiger partial charge in [0.05, 0.1) is 23.1 Å². The van der Waals surface area contributed by atoms with Crippen LogP contribution in [0.2, 0.25) is 0 Å². The van der Waals surface area contributed by atoms with Crippen molar-refractivity contribution in [3.8, 4) is 11.3 Å². The number of benzene rings is 1. The predicted octanol–water partition coefficient (Wildman–Crippen LogP) is 1.79. The molecule has 0 bridgehead atoms. The van der Waals surface area contributed by atoms with E-state index >= 15 is 0 Å². The van der Waals surface area contributed by atoms with Crippen molar-refractivity contribution >= 4 is 10.9 Å². The maximum Gasteiger partial charge on any atom is 0.0933 e. The van der Waals surface area contributed by atoms with Crippen molar-refractivity contribution in [2.75, 3.05) is 0 Å². The van der Waals surface area contributed by atoms with Gasteiger partial charge in [-0.15, -0.1) is 0 Å². The maximum atomic E-state index is 5.51. The van der Waals surface area contributed by atoms with Crippen LogP contribution in [0.5, 0.6) is 0 Å². The van der Waals surface area contributed by atoms with Gasteiger partial charge in [-0.2, -0.15) is 15.3 Å². The van der Waals surface area contributed by atoms with Crippen LogP contribution in [0.15, 0.2) is 30.5 Å². The third kappa shape index (κ3) is 1.74. The highest BCUT2D eigenvalue weighted by molar-refractivity contribution is 5.85. The molecule has 0 unspecified atom stereocenters. The fourth-order valence-electron chi connectivity index (χ4n) is 1.99. The SMILES string of the molecule is Cc1cc2cn[nH]c2cc1-c1ccc(CN)nn1. The van der Waals surface area contributed by atoms with Gasteiger partial charge in [0.25, 0.3) is 0 Å². The van der Waals surface area contributed by atoms with Crippen LogP contribution >= 0.6 is 0 Å². The first-order valence-corrected chi connectivity index (χ1v) is 5.74. The molecule has 0 amide bonds. The number of rotatable bonds is 2. The first-order valence-electron chi connectivity index (χ1n) is 5.74. The van der Waals surface area contributed by atoms with Crippen molar-refractivity contribution in [1.29, 1.82) is 0 Å². The lowest BCUT2D eigenvalue weighted by molar-refractivity contribution is 0.902. The number of aryl methyl sites for hydroxylation is 1. The second kappa shape index (κ2) is 4.19. The van der Waals surface area contributed by atoms with Crippen molar-refractivity contribution in [2.45, 2.75) is 13.5 Å². The second-order valence-electron chi connectivity index (χ2n) is 4.24. The molecule has 0 saturated carbocycles. The Labute approximate surface area is 104 Å². The molecule has 3 rings (SSSR count). The van der Waals surface area contributed by atoms with Gasteiger partial charge in [0, 0.05) is 17.5 Å². The summed E-state index contributed by atoms with van der Waals surface area (Å²) in [7, 11) is 0. The van der Waals surface area contributed by atoms with E-state index in [1.807, 2.05) is 24.4 Å². The molecule has 0 fully saturated rings. The van der Waals surface area contributed by atoms with E-state index in [9.17, 15) is 0 Å². The first-order chi connectivity index (χ1) is 8.78. The Hall–Kier alpha value is -2.27. The number of aromatic nitrogens is 4. The zero-order valence-corrected chi connectivity index (χ0v) is 10.0. The first kappa shape index (κ1) is 10.9. The van der Waals surface area contributed by atoms with Crippen molar-refractivity contribution in [3.05, 3.63) is 41.7 Å². The summed E-state index contributed by atoms with van der Waals surface area (Å²) in [6.45, 7) is 2.46. The van der Waals surface area contributed by atoms with Crippen LogP contribution in [0, 0.1) is 6.92 Å². The highest BCUT2D eigenvalue weighted by atomic mass is 15.1. The number of H-pyrrole nitrogens is 1. The average molecular weight is 239 g/mol. The second-order valence-corrected chi connectivity index (χ2v) is 4.24. The van der Waals surface area contributed by atoms with Crippen molar-refractivity contribution in [3.63, 3.8) is 0 Å². The molecule has 3 N–H and O–H groups in total. The third-order valence-corrected chi connectivity index (χ3v) is 2.99. The highest BCUT2D eigenvalue weighted by Gasteiger charge is 2.07. The van der Waals surface area contributed by atoms with Gasteiger partial charge in [0.1, 0.15) is 0 Å². The molecule has 90 valence electrons. The smallest absolute Gasteiger partial charge is 0.0933 e. The summed E-state index contributed by atoms with van der Waals surface area (Å²) in [4.78, 5) is 0. The monoisotopic (exact) mass is 239 g/mol. The zero-order valence-electron chi connectivity index (χ0n) is 10.0. The number of hydrogen-bond acceptors (Lipinski definition) is 4. The summed E-state index contributed by atoms with van der Waals surface area (Å²) in [6, 6.07) is 7.98. The normalized spacial score (nSPS) is 11.0. The predicted molar refractivity (Wildman–Crippen MR) is 69.7 cm³/mol. The molecule has 5 nitrogen and oxygen atoms in total. The van der Waals surface area contributed by atoms with E-state index in [0.29, 0.717) is 6.54 Å². The van der Waals surface area contributed by atoms with Crippen molar-refractivity contribution in [1.82, 2.24) is 20.4 Å². The number of nitrogens with zero attached hydrogens (tertiary/aromatic N) is 3. The largest absolute Gasteiger partial charge is 0.325 e. The topological polar surface area (TPSA) is 80.5 Å². The summed E-state index contributed by atoms with van der Waals surface area (Å²) >= 11 is 0. The van der Waals surface area contributed by atoms with Gasteiger partial charge >= 0.3 is 0 Å². The van der Waals surface area contributed by atoms with E-state index in [4.69, 9.17) is 5.73 Å². The molecule has 5 heteroatoms. The molecular weight excluding hydrogens is 226 g/mol. The van der Waals surface area contributed by atoms with Gasteiger partial charge in [-0.05, 0) is 36.8 Å². The standard InChI is InChI=1S/C13H13N5/c1-8-4-9-7-15-17-13(9)5-11(8)12-3-2-10(6-14)16-18-12/h2-5,7H,6,14H2,1H3,(H,15,17). The molecule has 2 aromatic heterocycles. The van der Waals surface area contributed by atoms with E-state index < -0.39 is 0 Å². The quantitative estimate of drug-likeness (QED) is 0.714. The molecule has 2 heterocycles. The van der Waals surface area contributed by atoms with Crippen molar-refractivity contribution < 1.29 is 0 Å². The average Bonchev–Trinajstić information content (AvgIpc) is 2.85. The van der Waals surface area contributed by atoms with Crippen LogP contribution in [-0.4, -0.2) is 20.4 Å². The number of nitrogens with two attached hydrogens (primary N) is 1. The van der Waals surface area contributed by atoms with E-state index in [2.05, 4.69) is 33.4 Å². The molecule has 0 radical (unpaired) electrons. The van der Waals surface area contributed by atoms with E-state index in [1.54, 1.807) is 0 Å². The Balaban J connectivity index is 2.14. The zero-order chi connectivity index (χ0) is 12.5. The van der Waals surface area contributed by atoms with Crippen LogP contribution < -0.4 is 5.73 Å². The third-order valence-electron chi connectivity index (χ3n) is 2.99. The van der Waals surface area contributed by atoms with E-state index in [1.165, 1.54) is 0 Å². The summed E-state index contributed by atoms with van der Waals surface area (Å²) in [5.41, 5.74) is 10.4. The molecular formula is C13H13N5. The lowest BCUT2D eigenvalue weighted by Crippen LogP contribution is -2.01. The Kier molecular flexibility index (Phi) is 2.53. The Morgan fingerprint density at radius 2 is 2.11 bits per heavy atom. The lowest BCUT2D eigenvalue weighted by atomic mass is 10.0. The summed E-state index contributed by atoms with van der Waals surface area (Å²) < 4.78 is 0. The molecule has 1 aromatic carbocycles. The number of hydrogen-bond donors (Lipinski definition) is 2. The summed E-state index contributed by atoms with van der Waals surface area (Å²) in [5, 5.41) is 16.4. The van der Waals surface area contributed by atoms with Gasteiger partial charge < -0.3 is 5.73 Å². The molecule has 0 spiro atoms. The molecule has 0 aliphatic rings. The van der Waals surface area contributed by atoms with Crippen molar-refractivity contribution in [2.24, 2.45) is 5.73 Å². The van der Waals surface area contributed by atoms with Crippen LogP contribution in [-0.2, 0) is 6.54 Å². The summed E-state index contributed by atoms with van der Waals surface area (Å²) in [6.07, 6.45) is 1.81. The fraction of sp³-hybridized carbons (Fsp3) is 0.154. The number of aromatic amines is 1. The van der Waals surface area contributed by atoms with Gasteiger partial charge in [0.15, 0.2) is 0 Å². The van der Waals surface area contributed by atoms with Crippen LogP contribution in [0.4, 0.5) is 0 Å². The van der Waals surface area contributed by atoms with Gasteiger partial charge in [-0.25, -0.2) is 0 Å². The van der Waals surface area contributed by atoms with Gasteiger partial charge in [-0.3, -0.25) is 5.10 Å². The summed E-state index contributed by atoms with van der Waals surface area (Å²) in [5.74, 6) is 0. The minimum atomic E-state index is 0.409. The maximum absolute atomic E-state index is 5.51. The van der Waals surface area contributed by atoms with Crippen LogP contribution in [0.1, 0.15) is 11.3 Å². The minimum Gasteiger partial charge on any atom is -0.325 e.